The Morgan fingerprint density at radius 3 is 3.17 bits per heavy atom. The van der Waals surface area contributed by atoms with E-state index in [4.69, 9.17) is 4.84 Å². The Morgan fingerprint density at radius 1 is 1.33 bits per heavy atom. The minimum atomic E-state index is 0.870. The average Bonchev–Trinajstić information content (AvgIpc) is 2.48. The van der Waals surface area contributed by atoms with Crippen LogP contribution in [0.15, 0.2) is 47.2 Å². The van der Waals surface area contributed by atoms with Gasteiger partial charge < -0.3 is 4.84 Å². The number of oxime groups is 1. The Balaban J connectivity index is 2.30. The molecule has 12 heavy (non-hydrogen) atoms. The second kappa shape index (κ2) is 3.36. The van der Waals surface area contributed by atoms with E-state index in [9.17, 15) is 0 Å². The van der Waals surface area contributed by atoms with E-state index >= 15 is 0 Å². The Kier molecular flexibility index (Phi) is 2.05. The third-order valence-corrected chi connectivity index (χ3v) is 2.32. The third kappa shape index (κ3) is 1.46. The predicted molar refractivity (Wildman–Crippen MR) is 50.2 cm³/mol. The van der Waals surface area contributed by atoms with Gasteiger partial charge in [-0.25, -0.2) is 0 Å². The van der Waals surface area contributed by atoms with Gasteiger partial charge >= 0.3 is 0 Å². The fraction of sp³-hybridized carbons (Fsp3) is 0. The van der Waals surface area contributed by atoms with Crippen molar-refractivity contribution in [1.82, 2.24) is 0 Å². The number of nitrogens with zero attached hydrogens (tertiary/aromatic N) is 1. The molecule has 0 amide bonds. The molecule has 0 bridgehead atoms. The van der Waals surface area contributed by atoms with Gasteiger partial charge in [0.15, 0.2) is 0 Å². The first-order valence-electron chi connectivity index (χ1n) is 3.58. The second-order valence-corrected chi connectivity index (χ2v) is 3.19. The minimum absolute atomic E-state index is 0.870. The lowest BCUT2D eigenvalue weighted by molar-refractivity contribution is 0.270. The number of thiophene rings is 1. The Hall–Kier alpha value is -1.35. The molecule has 1 aliphatic rings. The van der Waals surface area contributed by atoms with E-state index in [0.717, 1.165) is 10.6 Å². The van der Waals surface area contributed by atoms with Crippen molar-refractivity contribution in [1.29, 1.82) is 0 Å². The molecule has 0 aliphatic carbocycles. The Bertz CT molecular complexity index is 335. The fourth-order valence-corrected chi connectivity index (χ4v) is 1.58. The van der Waals surface area contributed by atoms with Crippen molar-refractivity contribution >= 4 is 17.0 Å². The first-order valence-corrected chi connectivity index (χ1v) is 4.46. The lowest BCUT2D eigenvalue weighted by Gasteiger charge is -1.92. The maximum Gasteiger partial charge on any atom is 0.122 e. The Morgan fingerprint density at radius 2 is 2.33 bits per heavy atom. The van der Waals surface area contributed by atoms with E-state index in [0.29, 0.717) is 0 Å². The van der Waals surface area contributed by atoms with Crippen LogP contribution in [0.3, 0.4) is 0 Å². The van der Waals surface area contributed by atoms with Gasteiger partial charge in [0.25, 0.3) is 0 Å². The van der Waals surface area contributed by atoms with Crippen molar-refractivity contribution in [3.05, 3.63) is 46.9 Å². The molecular formula is C9H7NOS. The summed E-state index contributed by atoms with van der Waals surface area (Å²) in [5.41, 5.74) is 0.870. The van der Waals surface area contributed by atoms with Crippen molar-refractivity contribution in [2.45, 2.75) is 0 Å². The number of hydrogen-bond donors (Lipinski definition) is 0. The molecule has 1 aliphatic heterocycles. The largest absolute Gasteiger partial charge is 0.364 e. The normalized spacial score (nSPS) is 15.2. The summed E-state index contributed by atoms with van der Waals surface area (Å²) in [5.74, 6) is 0. The van der Waals surface area contributed by atoms with E-state index in [-0.39, 0.29) is 0 Å². The highest BCUT2D eigenvalue weighted by atomic mass is 32.1. The topological polar surface area (TPSA) is 21.6 Å². The molecule has 0 N–H and O–H groups in total. The molecule has 1 aromatic heterocycles. The molecule has 0 spiro atoms. The standard InChI is InChI=1S/C9H7NOS/c1-2-6-11-10-8(4-1)9-5-3-7-12-9/h1-7H. The summed E-state index contributed by atoms with van der Waals surface area (Å²) < 4.78 is 0. The quantitative estimate of drug-likeness (QED) is 0.646. The molecule has 1 aromatic rings. The highest BCUT2D eigenvalue weighted by molar-refractivity contribution is 7.12. The van der Waals surface area contributed by atoms with Gasteiger partial charge in [0.1, 0.15) is 12.0 Å². The first kappa shape index (κ1) is 7.31. The number of rotatable bonds is 1. The van der Waals surface area contributed by atoms with Crippen molar-refractivity contribution < 1.29 is 4.84 Å². The van der Waals surface area contributed by atoms with Crippen LogP contribution in [0.25, 0.3) is 0 Å². The van der Waals surface area contributed by atoms with Gasteiger partial charge in [-0.1, -0.05) is 17.3 Å². The number of hydrogen-bond acceptors (Lipinski definition) is 3. The van der Waals surface area contributed by atoms with Gasteiger partial charge in [0.2, 0.25) is 0 Å². The summed E-state index contributed by atoms with van der Waals surface area (Å²) >= 11 is 1.65. The zero-order valence-electron chi connectivity index (χ0n) is 6.31. The monoisotopic (exact) mass is 177 g/mol. The molecule has 3 heteroatoms. The van der Waals surface area contributed by atoms with Crippen LogP contribution in [-0.2, 0) is 4.84 Å². The fourth-order valence-electron chi connectivity index (χ4n) is 0.896. The van der Waals surface area contributed by atoms with Gasteiger partial charge in [0.05, 0.1) is 4.88 Å². The molecule has 0 saturated carbocycles. The third-order valence-electron chi connectivity index (χ3n) is 1.43. The molecule has 0 radical (unpaired) electrons. The maximum absolute atomic E-state index is 4.88. The molecule has 0 unspecified atom stereocenters. The van der Waals surface area contributed by atoms with Gasteiger partial charge in [-0.15, -0.1) is 11.3 Å². The van der Waals surface area contributed by atoms with Crippen LogP contribution in [-0.4, -0.2) is 5.71 Å². The SMILES string of the molecule is C1=CON=C(c2cccs2)C=C1. The summed E-state index contributed by atoms with van der Waals surface area (Å²) in [6.07, 6.45) is 7.20. The van der Waals surface area contributed by atoms with Crippen LogP contribution in [0.4, 0.5) is 0 Å². The summed E-state index contributed by atoms with van der Waals surface area (Å²) in [7, 11) is 0. The van der Waals surface area contributed by atoms with E-state index in [1.165, 1.54) is 0 Å². The van der Waals surface area contributed by atoms with E-state index < -0.39 is 0 Å². The van der Waals surface area contributed by atoms with Gasteiger partial charge in [-0.05, 0) is 23.6 Å². The van der Waals surface area contributed by atoms with Crippen LogP contribution in [0, 0.1) is 0 Å². The molecular weight excluding hydrogens is 170 g/mol. The molecule has 2 rings (SSSR count). The van der Waals surface area contributed by atoms with E-state index in [1.807, 2.05) is 35.7 Å². The summed E-state index contributed by atoms with van der Waals surface area (Å²) in [6, 6.07) is 4.01. The van der Waals surface area contributed by atoms with Gasteiger partial charge in [0, 0.05) is 0 Å². The molecule has 0 atom stereocenters. The van der Waals surface area contributed by atoms with Gasteiger partial charge in [-0.3, -0.25) is 0 Å². The molecule has 0 saturated heterocycles. The van der Waals surface area contributed by atoms with Crippen LogP contribution < -0.4 is 0 Å². The van der Waals surface area contributed by atoms with Crippen LogP contribution in [0.1, 0.15) is 4.88 Å². The second-order valence-electron chi connectivity index (χ2n) is 2.25. The van der Waals surface area contributed by atoms with Gasteiger partial charge in [-0.2, -0.15) is 0 Å². The maximum atomic E-state index is 4.88. The Labute approximate surface area is 74.5 Å². The van der Waals surface area contributed by atoms with Crippen molar-refractivity contribution in [3.63, 3.8) is 0 Å². The summed E-state index contributed by atoms with van der Waals surface area (Å²) in [5, 5.41) is 5.94. The molecule has 2 nitrogen and oxygen atoms in total. The van der Waals surface area contributed by atoms with Crippen LogP contribution in [0.2, 0.25) is 0 Å². The lowest BCUT2D eigenvalue weighted by Crippen LogP contribution is -1.91. The minimum Gasteiger partial charge on any atom is -0.364 e. The number of allylic oxidation sites excluding steroid dienone is 3. The highest BCUT2D eigenvalue weighted by Gasteiger charge is 2.01. The first-order chi connectivity index (χ1) is 5.97. The lowest BCUT2D eigenvalue weighted by atomic mass is 10.3. The van der Waals surface area contributed by atoms with Crippen molar-refractivity contribution in [3.8, 4) is 0 Å². The molecule has 60 valence electrons. The van der Waals surface area contributed by atoms with Crippen molar-refractivity contribution in [2.24, 2.45) is 5.16 Å². The smallest absolute Gasteiger partial charge is 0.122 e. The van der Waals surface area contributed by atoms with Crippen molar-refractivity contribution in [2.75, 3.05) is 0 Å². The molecule has 2 heterocycles. The van der Waals surface area contributed by atoms with Crippen LogP contribution >= 0.6 is 11.3 Å². The molecule has 0 fully saturated rings. The summed E-state index contributed by atoms with van der Waals surface area (Å²) in [6.45, 7) is 0. The predicted octanol–water partition coefficient (Wildman–Crippen LogP) is 2.55. The highest BCUT2D eigenvalue weighted by Crippen LogP contribution is 2.12. The van der Waals surface area contributed by atoms with Crippen LogP contribution in [0.5, 0.6) is 0 Å². The van der Waals surface area contributed by atoms with E-state index in [1.54, 1.807) is 17.6 Å². The van der Waals surface area contributed by atoms with E-state index in [2.05, 4.69) is 5.16 Å². The molecule has 0 aromatic carbocycles. The average molecular weight is 177 g/mol. The summed E-state index contributed by atoms with van der Waals surface area (Å²) in [4.78, 5) is 6.00. The zero-order valence-corrected chi connectivity index (χ0v) is 7.12. The zero-order chi connectivity index (χ0) is 8.23.